The third kappa shape index (κ3) is 2.57. The van der Waals surface area contributed by atoms with Gasteiger partial charge in [0.25, 0.3) is 0 Å². The molecule has 7 rings (SSSR count). The quantitative estimate of drug-likeness (QED) is 0.264. The van der Waals surface area contributed by atoms with Gasteiger partial charge in [0, 0.05) is 27.3 Å². The predicted molar refractivity (Wildman–Crippen MR) is 139 cm³/mol. The van der Waals surface area contributed by atoms with E-state index in [2.05, 4.69) is 102 Å². The minimum atomic E-state index is -0.0870. The van der Waals surface area contributed by atoms with Gasteiger partial charge in [-0.3, -0.25) is 4.98 Å². The molecule has 0 fully saturated rings. The molecule has 0 saturated carbocycles. The second-order valence-corrected chi connectivity index (χ2v) is 10.4. The molecule has 1 aliphatic heterocycles. The predicted octanol–water partition coefficient (Wildman–Crippen LogP) is 8.21. The molecule has 3 heteroatoms. The number of para-hydroxylation sites is 2. The smallest absolute Gasteiger partial charge is 0.0801 e. The van der Waals surface area contributed by atoms with Crippen molar-refractivity contribution in [2.24, 2.45) is 0 Å². The number of thiophene rings is 1. The highest BCUT2D eigenvalue weighted by Crippen LogP contribution is 2.48. The lowest BCUT2D eigenvalue weighted by molar-refractivity contribution is 0.630. The molecule has 0 bridgehead atoms. The summed E-state index contributed by atoms with van der Waals surface area (Å²) in [6.45, 7) is 4.72. The molecule has 158 valence electrons. The largest absolute Gasteiger partial charge is 0.309 e. The molecule has 2 nitrogen and oxygen atoms in total. The standard InChI is InChI=1S/C30H22N2S/c1-30(2)22-10-7-9-21-20-8-3-4-12-25(20)32(29(21)22)26-14-13-19(18-23(26)30)27-15-16-28(33-27)24-11-5-6-17-31-24/h3-18H,1-2H3. The van der Waals surface area contributed by atoms with Crippen LogP contribution in [-0.2, 0) is 5.41 Å². The maximum atomic E-state index is 4.53. The summed E-state index contributed by atoms with van der Waals surface area (Å²) in [5.74, 6) is 0. The first-order chi connectivity index (χ1) is 16.1. The van der Waals surface area contributed by atoms with Crippen molar-refractivity contribution in [2.75, 3.05) is 0 Å². The third-order valence-corrected chi connectivity index (χ3v) is 8.24. The third-order valence-electron chi connectivity index (χ3n) is 7.09. The Hall–Kier alpha value is -3.69. The minimum Gasteiger partial charge on any atom is -0.309 e. The molecular formula is C30H22N2S. The van der Waals surface area contributed by atoms with Gasteiger partial charge in [-0.15, -0.1) is 11.3 Å². The second kappa shape index (κ2) is 6.66. The van der Waals surface area contributed by atoms with E-state index in [4.69, 9.17) is 0 Å². The van der Waals surface area contributed by atoms with Crippen molar-refractivity contribution in [3.63, 3.8) is 0 Å². The molecule has 3 aromatic carbocycles. The topological polar surface area (TPSA) is 17.8 Å². The molecule has 33 heavy (non-hydrogen) atoms. The van der Waals surface area contributed by atoms with Gasteiger partial charge in [-0.25, -0.2) is 0 Å². The fourth-order valence-electron chi connectivity index (χ4n) is 5.44. The van der Waals surface area contributed by atoms with Gasteiger partial charge in [0.1, 0.15) is 0 Å². The van der Waals surface area contributed by atoms with Crippen molar-refractivity contribution in [1.29, 1.82) is 0 Å². The Labute approximate surface area is 196 Å². The number of nitrogens with zero attached hydrogens (tertiary/aromatic N) is 2. The van der Waals surface area contributed by atoms with Crippen LogP contribution in [0.5, 0.6) is 0 Å². The Bertz CT molecular complexity index is 1690. The van der Waals surface area contributed by atoms with Gasteiger partial charge in [0.15, 0.2) is 0 Å². The lowest BCUT2D eigenvalue weighted by Crippen LogP contribution is -2.26. The van der Waals surface area contributed by atoms with Crippen LogP contribution in [0.1, 0.15) is 25.0 Å². The summed E-state index contributed by atoms with van der Waals surface area (Å²) >= 11 is 1.80. The van der Waals surface area contributed by atoms with E-state index in [1.54, 1.807) is 11.3 Å². The molecule has 0 aliphatic carbocycles. The summed E-state index contributed by atoms with van der Waals surface area (Å²) in [6.07, 6.45) is 1.86. The SMILES string of the molecule is CC1(C)c2cc(-c3ccc(-c4ccccn4)s3)ccc2-n2c3ccccc3c3cccc1c32. The maximum absolute atomic E-state index is 4.53. The first-order valence-electron chi connectivity index (χ1n) is 11.3. The van der Waals surface area contributed by atoms with Crippen LogP contribution < -0.4 is 0 Å². The van der Waals surface area contributed by atoms with E-state index >= 15 is 0 Å². The van der Waals surface area contributed by atoms with E-state index in [0.29, 0.717) is 0 Å². The zero-order chi connectivity index (χ0) is 22.2. The zero-order valence-electron chi connectivity index (χ0n) is 18.5. The van der Waals surface area contributed by atoms with Crippen LogP contribution in [0.3, 0.4) is 0 Å². The Morgan fingerprint density at radius 3 is 2.42 bits per heavy atom. The van der Waals surface area contributed by atoms with Gasteiger partial charge < -0.3 is 4.57 Å². The van der Waals surface area contributed by atoms with Crippen molar-refractivity contribution in [2.45, 2.75) is 19.3 Å². The first-order valence-corrected chi connectivity index (χ1v) is 12.1. The molecule has 6 aromatic rings. The molecule has 0 spiro atoms. The fraction of sp³-hybridized carbons (Fsp3) is 0.100. The number of rotatable bonds is 2. The molecule has 0 amide bonds. The van der Waals surface area contributed by atoms with Crippen LogP contribution in [0.2, 0.25) is 0 Å². The lowest BCUT2D eigenvalue weighted by atomic mass is 9.74. The average molecular weight is 443 g/mol. The van der Waals surface area contributed by atoms with Crippen LogP contribution in [0.25, 0.3) is 48.5 Å². The van der Waals surface area contributed by atoms with E-state index in [9.17, 15) is 0 Å². The molecule has 0 unspecified atom stereocenters. The molecule has 3 aromatic heterocycles. The molecule has 0 radical (unpaired) electrons. The van der Waals surface area contributed by atoms with E-state index in [0.717, 1.165) is 5.69 Å². The fourth-order valence-corrected chi connectivity index (χ4v) is 6.42. The van der Waals surface area contributed by atoms with E-state index in [1.165, 1.54) is 53.9 Å². The monoisotopic (exact) mass is 442 g/mol. The second-order valence-electron chi connectivity index (χ2n) is 9.29. The summed E-state index contributed by atoms with van der Waals surface area (Å²) in [4.78, 5) is 7.00. The number of fused-ring (bicyclic) bond motifs is 5. The van der Waals surface area contributed by atoms with E-state index < -0.39 is 0 Å². The van der Waals surface area contributed by atoms with Crippen molar-refractivity contribution in [1.82, 2.24) is 9.55 Å². The zero-order valence-corrected chi connectivity index (χ0v) is 19.4. The van der Waals surface area contributed by atoms with Crippen LogP contribution in [-0.4, -0.2) is 9.55 Å². The van der Waals surface area contributed by atoms with Gasteiger partial charge in [-0.1, -0.05) is 62.4 Å². The molecule has 0 saturated heterocycles. The maximum Gasteiger partial charge on any atom is 0.0801 e. The Balaban J connectivity index is 1.47. The van der Waals surface area contributed by atoms with E-state index in [-0.39, 0.29) is 5.41 Å². The van der Waals surface area contributed by atoms with Crippen molar-refractivity contribution < 1.29 is 0 Å². The average Bonchev–Trinajstić information content (AvgIpc) is 3.47. The van der Waals surface area contributed by atoms with Gasteiger partial charge in [0.2, 0.25) is 0 Å². The number of benzene rings is 3. The summed E-state index contributed by atoms with van der Waals surface area (Å²) in [5, 5.41) is 2.66. The summed E-state index contributed by atoms with van der Waals surface area (Å²) < 4.78 is 2.47. The normalized spacial score (nSPS) is 14.0. The minimum absolute atomic E-state index is 0.0870. The van der Waals surface area contributed by atoms with Gasteiger partial charge in [-0.05, 0) is 59.2 Å². The van der Waals surface area contributed by atoms with Gasteiger partial charge in [0.05, 0.1) is 27.3 Å². The molecule has 4 heterocycles. The van der Waals surface area contributed by atoms with Gasteiger partial charge >= 0.3 is 0 Å². The van der Waals surface area contributed by atoms with Crippen molar-refractivity contribution in [3.05, 3.63) is 108 Å². The van der Waals surface area contributed by atoms with Crippen LogP contribution in [0.4, 0.5) is 0 Å². The molecular weight excluding hydrogens is 420 g/mol. The number of hydrogen-bond acceptors (Lipinski definition) is 2. The highest BCUT2D eigenvalue weighted by atomic mass is 32.1. The van der Waals surface area contributed by atoms with E-state index in [1.807, 2.05) is 18.3 Å². The van der Waals surface area contributed by atoms with Crippen LogP contribution in [0, 0.1) is 0 Å². The highest BCUT2D eigenvalue weighted by Gasteiger charge is 2.35. The highest BCUT2D eigenvalue weighted by molar-refractivity contribution is 7.18. The first kappa shape index (κ1) is 18.8. The summed E-state index contributed by atoms with van der Waals surface area (Å²) in [6, 6.07) is 33.0. The van der Waals surface area contributed by atoms with Crippen molar-refractivity contribution in [3.8, 4) is 26.7 Å². The Morgan fingerprint density at radius 1 is 0.727 bits per heavy atom. The lowest BCUT2D eigenvalue weighted by Gasteiger charge is -2.35. The Morgan fingerprint density at radius 2 is 1.55 bits per heavy atom. The van der Waals surface area contributed by atoms with Gasteiger partial charge in [-0.2, -0.15) is 0 Å². The number of pyridine rings is 1. The summed E-state index contributed by atoms with van der Waals surface area (Å²) in [7, 11) is 0. The molecule has 0 N–H and O–H groups in total. The Kier molecular flexibility index (Phi) is 3.80. The molecule has 0 atom stereocenters. The van der Waals surface area contributed by atoms with Crippen molar-refractivity contribution >= 4 is 33.1 Å². The molecule has 1 aliphatic rings. The van der Waals surface area contributed by atoms with Crippen LogP contribution in [0.15, 0.2) is 97.2 Å². The number of aromatic nitrogens is 2. The summed E-state index contributed by atoms with van der Waals surface area (Å²) in [5.41, 5.74) is 8.88. The number of hydrogen-bond donors (Lipinski definition) is 0. The van der Waals surface area contributed by atoms with Crippen LogP contribution >= 0.6 is 11.3 Å².